The number of likely N-dealkylation sites (N-methyl/N-ethyl adjacent to an activating group) is 1. The Balaban J connectivity index is 2.68. The van der Waals surface area contributed by atoms with Crippen LogP contribution in [-0.2, 0) is 4.79 Å². The number of piperidine rings is 1. The van der Waals surface area contributed by atoms with Crippen molar-refractivity contribution in [2.24, 2.45) is 11.3 Å². The summed E-state index contributed by atoms with van der Waals surface area (Å²) >= 11 is 0. The zero-order chi connectivity index (χ0) is 14.8. The summed E-state index contributed by atoms with van der Waals surface area (Å²) in [7, 11) is 1.99. The SMILES string of the molecule is CC1CCN(C(C)C)CC1N(C)C(=O)CC(C)(C)C. The Morgan fingerprint density at radius 2 is 1.95 bits per heavy atom. The van der Waals surface area contributed by atoms with Gasteiger partial charge in [0.1, 0.15) is 0 Å². The minimum absolute atomic E-state index is 0.0704. The molecule has 3 heteroatoms. The van der Waals surface area contributed by atoms with E-state index in [4.69, 9.17) is 0 Å². The molecule has 0 spiro atoms. The molecular formula is C16H32N2O. The average Bonchev–Trinajstić information content (AvgIpc) is 2.26. The monoisotopic (exact) mass is 268 g/mol. The van der Waals surface area contributed by atoms with E-state index in [-0.39, 0.29) is 11.3 Å². The third-order valence-corrected chi connectivity index (χ3v) is 4.25. The van der Waals surface area contributed by atoms with Crippen LogP contribution in [0.5, 0.6) is 0 Å². The Morgan fingerprint density at radius 3 is 2.42 bits per heavy atom. The molecule has 0 aromatic carbocycles. The first-order chi connectivity index (χ1) is 8.61. The molecule has 1 amide bonds. The Morgan fingerprint density at radius 1 is 1.37 bits per heavy atom. The Bertz CT molecular complexity index is 306. The molecule has 1 aliphatic heterocycles. The molecule has 1 aliphatic rings. The fourth-order valence-corrected chi connectivity index (χ4v) is 2.81. The van der Waals surface area contributed by atoms with Crippen molar-refractivity contribution in [2.75, 3.05) is 20.1 Å². The molecule has 0 bridgehead atoms. The van der Waals surface area contributed by atoms with Gasteiger partial charge in [0.15, 0.2) is 0 Å². The van der Waals surface area contributed by atoms with E-state index in [0.717, 1.165) is 13.1 Å². The summed E-state index contributed by atoms with van der Waals surface area (Å²) in [5.74, 6) is 0.888. The summed E-state index contributed by atoms with van der Waals surface area (Å²) in [6.07, 6.45) is 1.82. The van der Waals surface area contributed by atoms with E-state index in [0.29, 0.717) is 24.4 Å². The van der Waals surface area contributed by atoms with E-state index >= 15 is 0 Å². The Hall–Kier alpha value is -0.570. The number of amides is 1. The van der Waals surface area contributed by atoms with Crippen molar-refractivity contribution in [3.63, 3.8) is 0 Å². The van der Waals surface area contributed by atoms with Gasteiger partial charge in [-0.1, -0.05) is 27.7 Å². The van der Waals surface area contributed by atoms with Crippen LogP contribution in [0.4, 0.5) is 0 Å². The zero-order valence-electron chi connectivity index (χ0n) is 13.9. The molecule has 1 heterocycles. The lowest BCUT2D eigenvalue weighted by Crippen LogP contribution is -2.54. The third-order valence-electron chi connectivity index (χ3n) is 4.25. The van der Waals surface area contributed by atoms with Crippen molar-refractivity contribution in [3.8, 4) is 0 Å². The van der Waals surface area contributed by atoms with Crippen LogP contribution in [-0.4, -0.2) is 47.9 Å². The number of rotatable bonds is 3. The van der Waals surface area contributed by atoms with E-state index in [1.807, 2.05) is 11.9 Å². The van der Waals surface area contributed by atoms with Crippen molar-refractivity contribution in [2.45, 2.75) is 66.5 Å². The van der Waals surface area contributed by atoms with E-state index < -0.39 is 0 Å². The van der Waals surface area contributed by atoms with Gasteiger partial charge in [0.05, 0.1) is 0 Å². The molecule has 1 rings (SSSR count). The van der Waals surface area contributed by atoms with Crippen LogP contribution in [0, 0.1) is 11.3 Å². The average molecular weight is 268 g/mol. The van der Waals surface area contributed by atoms with Gasteiger partial charge in [0.2, 0.25) is 5.91 Å². The molecule has 19 heavy (non-hydrogen) atoms. The molecule has 0 saturated carbocycles. The molecule has 2 atom stereocenters. The minimum atomic E-state index is 0.0704. The fraction of sp³-hybridized carbons (Fsp3) is 0.938. The van der Waals surface area contributed by atoms with Gasteiger partial charge in [-0.15, -0.1) is 0 Å². The van der Waals surface area contributed by atoms with Crippen LogP contribution >= 0.6 is 0 Å². The number of hydrogen-bond acceptors (Lipinski definition) is 2. The number of hydrogen-bond donors (Lipinski definition) is 0. The molecule has 0 aromatic rings. The topological polar surface area (TPSA) is 23.6 Å². The normalized spacial score (nSPS) is 25.7. The first-order valence-corrected chi connectivity index (χ1v) is 7.61. The first-order valence-electron chi connectivity index (χ1n) is 7.61. The predicted octanol–water partition coefficient (Wildman–Crippen LogP) is 3.00. The molecule has 3 nitrogen and oxygen atoms in total. The number of nitrogens with zero attached hydrogens (tertiary/aromatic N) is 2. The van der Waals surface area contributed by atoms with Crippen LogP contribution in [0.1, 0.15) is 54.4 Å². The van der Waals surface area contributed by atoms with Crippen molar-refractivity contribution < 1.29 is 4.79 Å². The number of carbonyl (C=O) groups is 1. The van der Waals surface area contributed by atoms with Crippen molar-refractivity contribution in [1.82, 2.24) is 9.80 Å². The molecule has 2 unspecified atom stereocenters. The second kappa shape index (κ2) is 6.25. The second-order valence-corrected chi connectivity index (χ2v) is 7.66. The molecule has 1 fully saturated rings. The van der Waals surface area contributed by atoms with Crippen molar-refractivity contribution in [3.05, 3.63) is 0 Å². The van der Waals surface area contributed by atoms with Crippen LogP contribution < -0.4 is 0 Å². The minimum Gasteiger partial charge on any atom is -0.341 e. The standard InChI is InChI=1S/C16H32N2O/c1-12(2)18-9-8-13(3)14(11-18)17(7)15(19)10-16(4,5)6/h12-14H,8-11H2,1-7H3. The highest BCUT2D eigenvalue weighted by atomic mass is 16.2. The molecule has 1 saturated heterocycles. The molecule has 0 N–H and O–H groups in total. The smallest absolute Gasteiger partial charge is 0.223 e. The quantitative estimate of drug-likeness (QED) is 0.785. The fourth-order valence-electron chi connectivity index (χ4n) is 2.81. The Labute approximate surface area is 119 Å². The highest BCUT2D eigenvalue weighted by Gasteiger charge is 2.33. The third kappa shape index (κ3) is 4.79. The van der Waals surface area contributed by atoms with E-state index in [9.17, 15) is 4.79 Å². The van der Waals surface area contributed by atoms with Gasteiger partial charge < -0.3 is 4.90 Å². The number of likely N-dealkylation sites (tertiary alicyclic amines) is 1. The van der Waals surface area contributed by atoms with Gasteiger partial charge in [0.25, 0.3) is 0 Å². The summed E-state index contributed by atoms with van der Waals surface area (Å²) in [6, 6.07) is 0.937. The number of carbonyl (C=O) groups excluding carboxylic acids is 1. The first kappa shape index (κ1) is 16.5. The highest BCUT2D eigenvalue weighted by molar-refractivity contribution is 5.76. The van der Waals surface area contributed by atoms with Crippen LogP contribution in [0.15, 0.2) is 0 Å². The Kier molecular flexibility index (Phi) is 5.43. The van der Waals surface area contributed by atoms with E-state index in [2.05, 4.69) is 46.4 Å². The highest BCUT2D eigenvalue weighted by Crippen LogP contribution is 2.25. The van der Waals surface area contributed by atoms with Crippen LogP contribution in [0.3, 0.4) is 0 Å². The van der Waals surface area contributed by atoms with E-state index in [1.165, 1.54) is 6.42 Å². The summed E-state index contributed by atoms with van der Waals surface area (Å²) in [5, 5.41) is 0. The molecule has 0 radical (unpaired) electrons. The van der Waals surface area contributed by atoms with Gasteiger partial charge in [-0.3, -0.25) is 9.69 Å². The summed E-state index contributed by atoms with van der Waals surface area (Å²) in [6.45, 7) is 15.3. The lowest BCUT2D eigenvalue weighted by molar-refractivity contribution is -0.136. The second-order valence-electron chi connectivity index (χ2n) is 7.66. The molecule has 0 aromatic heterocycles. The van der Waals surface area contributed by atoms with Crippen LogP contribution in [0.2, 0.25) is 0 Å². The van der Waals surface area contributed by atoms with Gasteiger partial charge in [-0.25, -0.2) is 0 Å². The van der Waals surface area contributed by atoms with Crippen LogP contribution in [0.25, 0.3) is 0 Å². The lowest BCUT2D eigenvalue weighted by atomic mass is 9.88. The van der Waals surface area contributed by atoms with Gasteiger partial charge in [0, 0.05) is 32.1 Å². The van der Waals surface area contributed by atoms with Gasteiger partial charge in [-0.05, 0) is 38.1 Å². The maximum absolute atomic E-state index is 12.4. The van der Waals surface area contributed by atoms with Gasteiger partial charge in [-0.2, -0.15) is 0 Å². The van der Waals surface area contributed by atoms with Gasteiger partial charge >= 0.3 is 0 Å². The predicted molar refractivity (Wildman–Crippen MR) is 81.1 cm³/mol. The summed E-state index contributed by atoms with van der Waals surface area (Å²) in [5.41, 5.74) is 0.0704. The maximum atomic E-state index is 12.4. The maximum Gasteiger partial charge on any atom is 0.223 e. The lowest BCUT2D eigenvalue weighted by Gasteiger charge is -2.43. The van der Waals surface area contributed by atoms with E-state index in [1.54, 1.807) is 0 Å². The molecular weight excluding hydrogens is 236 g/mol. The largest absolute Gasteiger partial charge is 0.341 e. The zero-order valence-corrected chi connectivity index (χ0v) is 13.9. The molecule has 112 valence electrons. The molecule has 0 aliphatic carbocycles. The summed E-state index contributed by atoms with van der Waals surface area (Å²) in [4.78, 5) is 16.9. The van der Waals surface area contributed by atoms with Crippen molar-refractivity contribution in [1.29, 1.82) is 0 Å². The van der Waals surface area contributed by atoms with Crippen molar-refractivity contribution >= 4 is 5.91 Å². The summed E-state index contributed by atoms with van der Waals surface area (Å²) < 4.78 is 0.